The third-order valence-electron chi connectivity index (χ3n) is 7.12. The molecule has 1 aromatic carbocycles. The fraction of sp³-hybridized carbons (Fsp3) is 0.696. The van der Waals surface area contributed by atoms with Crippen LogP contribution in [0.25, 0.3) is 0 Å². The van der Waals surface area contributed by atoms with Crippen molar-refractivity contribution in [3.63, 3.8) is 0 Å². The van der Waals surface area contributed by atoms with E-state index in [2.05, 4.69) is 5.32 Å². The van der Waals surface area contributed by atoms with Gasteiger partial charge in [-0.1, -0.05) is 0 Å². The smallest absolute Gasteiger partial charge is 0.381 e. The Bertz CT molecular complexity index is 1030. The van der Waals surface area contributed by atoms with Crippen LogP contribution in [0, 0.1) is 11.3 Å². The highest BCUT2D eigenvalue weighted by Gasteiger charge is 2.42. The summed E-state index contributed by atoms with van der Waals surface area (Å²) < 4.78 is 111. The number of halogens is 6. The monoisotopic (exact) mass is 544 g/mol. The number of benzene rings is 1. The minimum atomic E-state index is -5.16. The van der Waals surface area contributed by atoms with Crippen LogP contribution >= 0.6 is 0 Å². The number of rotatable bonds is 7. The lowest BCUT2D eigenvalue weighted by Crippen LogP contribution is -2.49. The summed E-state index contributed by atoms with van der Waals surface area (Å²) in [6, 6.07) is 0.944. The summed E-state index contributed by atoms with van der Waals surface area (Å²) in [4.78, 5) is 12.8. The molecule has 204 valence electrons. The summed E-state index contributed by atoms with van der Waals surface area (Å²) >= 11 is 0. The number of nitrogens with one attached hydrogen (secondary N) is 1. The van der Waals surface area contributed by atoms with Crippen LogP contribution in [0.2, 0.25) is 0 Å². The van der Waals surface area contributed by atoms with Crippen LogP contribution in [0.3, 0.4) is 0 Å². The minimum Gasteiger partial charge on any atom is -0.381 e. The van der Waals surface area contributed by atoms with Gasteiger partial charge in [-0.05, 0) is 68.6 Å². The molecular weight excluding hydrogens is 514 g/mol. The highest BCUT2D eigenvalue weighted by atomic mass is 32.2. The third-order valence-corrected chi connectivity index (χ3v) is 9.01. The number of hydrogen-bond donors (Lipinski definition) is 1. The molecule has 0 aliphatic carbocycles. The van der Waals surface area contributed by atoms with Crippen molar-refractivity contribution < 1.29 is 44.3 Å². The van der Waals surface area contributed by atoms with E-state index in [4.69, 9.17) is 4.74 Å². The topological polar surface area (TPSA) is 75.7 Å². The zero-order valence-corrected chi connectivity index (χ0v) is 20.7. The minimum absolute atomic E-state index is 0.0124. The van der Waals surface area contributed by atoms with Gasteiger partial charge in [0.15, 0.2) is 0 Å². The van der Waals surface area contributed by atoms with Crippen molar-refractivity contribution in [1.29, 1.82) is 0 Å². The Morgan fingerprint density at radius 1 is 1.08 bits per heavy atom. The quantitative estimate of drug-likeness (QED) is 0.505. The van der Waals surface area contributed by atoms with Gasteiger partial charge in [0.05, 0.1) is 22.4 Å². The summed E-state index contributed by atoms with van der Waals surface area (Å²) in [6.45, 7) is 3.13. The molecule has 2 heterocycles. The Hall–Kier alpha value is -1.86. The lowest BCUT2D eigenvalue weighted by molar-refractivity contribution is -0.143. The standard InChI is InChI=1S/C23H30F6N2O4S/c1-2-36(33,34)31-9-7-21(8-10-31,14-16-5-11-35-12-6-16)15-30-20(32)18-4-3-17(22(24,25)26)13-19(18)23(27,28)29/h3-4,13,16H,2,5-12,14-15H2,1H3,(H,30,32). The Kier molecular flexibility index (Phi) is 8.66. The Morgan fingerprint density at radius 2 is 1.69 bits per heavy atom. The lowest BCUT2D eigenvalue weighted by Gasteiger charge is -2.44. The maximum Gasteiger partial charge on any atom is 0.417 e. The molecule has 0 atom stereocenters. The molecule has 13 heteroatoms. The summed E-state index contributed by atoms with van der Waals surface area (Å²) in [6.07, 6.45) is -7.14. The number of alkyl halides is 6. The molecule has 0 radical (unpaired) electrons. The number of ether oxygens (including phenoxy) is 1. The van der Waals surface area contributed by atoms with Gasteiger partial charge in [0, 0.05) is 32.8 Å². The highest BCUT2D eigenvalue weighted by Crippen LogP contribution is 2.41. The molecule has 6 nitrogen and oxygen atoms in total. The van der Waals surface area contributed by atoms with E-state index in [9.17, 15) is 39.6 Å². The Balaban J connectivity index is 1.81. The third kappa shape index (κ3) is 6.91. The van der Waals surface area contributed by atoms with Crippen molar-refractivity contribution >= 4 is 15.9 Å². The SMILES string of the molecule is CCS(=O)(=O)N1CCC(CNC(=O)c2ccc(C(F)(F)F)cc2C(F)(F)F)(CC2CCOCC2)CC1. The van der Waals surface area contributed by atoms with Crippen molar-refractivity contribution in [3.8, 4) is 0 Å². The number of piperidine rings is 1. The van der Waals surface area contributed by atoms with Crippen LogP contribution in [-0.4, -0.2) is 57.2 Å². The fourth-order valence-electron chi connectivity index (χ4n) is 4.95. The average Bonchev–Trinajstić information content (AvgIpc) is 2.82. The van der Waals surface area contributed by atoms with E-state index in [1.165, 1.54) is 4.31 Å². The van der Waals surface area contributed by atoms with E-state index in [0.717, 1.165) is 12.8 Å². The van der Waals surface area contributed by atoms with Gasteiger partial charge in [-0.3, -0.25) is 4.79 Å². The second kappa shape index (κ2) is 10.9. The first-order valence-electron chi connectivity index (χ1n) is 11.8. The molecule has 1 aromatic rings. The van der Waals surface area contributed by atoms with Crippen molar-refractivity contribution in [1.82, 2.24) is 9.62 Å². The molecule has 2 fully saturated rings. The molecule has 0 bridgehead atoms. The molecule has 3 rings (SSSR count). The molecule has 2 aliphatic heterocycles. The van der Waals surface area contributed by atoms with Crippen molar-refractivity contribution in [3.05, 3.63) is 34.9 Å². The summed E-state index contributed by atoms with van der Waals surface area (Å²) in [5, 5.41) is 2.52. The fourth-order valence-corrected chi connectivity index (χ4v) is 6.06. The predicted molar refractivity (Wildman–Crippen MR) is 120 cm³/mol. The van der Waals surface area contributed by atoms with Crippen LogP contribution in [-0.2, 0) is 27.1 Å². The van der Waals surface area contributed by atoms with Crippen LogP contribution < -0.4 is 5.32 Å². The van der Waals surface area contributed by atoms with Crippen LogP contribution in [0.5, 0.6) is 0 Å². The van der Waals surface area contributed by atoms with Gasteiger partial charge in [-0.25, -0.2) is 12.7 Å². The molecule has 0 unspecified atom stereocenters. The number of carbonyl (C=O) groups excluding carboxylic acids is 1. The second-order valence-electron chi connectivity index (χ2n) is 9.50. The lowest BCUT2D eigenvalue weighted by atomic mass is 9.71. The molecule has 0 aromatic heterocycles. The second-order valence-corrected chi connectivity index (χ2v) is 11.8. The van der Waals surface area contributed by atoms with Gasteiger partial charge < -0.3 is 10.1 Å². The predicted octanol–water partition coefficient (Wildman–Crippen LogP) is 4.70. The van der Waals surface area contributed by atoms with E-state index in [-0.39, 0.29) is 37.4 Å². The number of sulfonamides is 1. The first-order valence-corrected chi connectivity index (χ1v) is 13.4. The Morgan fingerprint density at radius 3 is 2.22 bits per heavy atom. The normalized spacial score (nSPS) is 20.3. The maximum absolute atomic E-state index is 13.5. The van der Waals surface area contributed by atoms with E-state index in [1.807, 2.05) is 0 Å². The molecule has 2 aliphatic rings. The number of hydrogen-bond acceptors (Lipinski definition) is 4. The molecule has 1 amide bonds. The molecule has 0 saturated carbocycles. The Labute approximate surface area is 206 Å². The largest absolute Gasteiger partial charge is 0.417 e. The zero-order chi connectivity index (χ0) is 26.8. The van der Waals surface area contributed by atoms with Gasteiger partial charge in [-0.15, -0.1) is 0 Å². The van der Waals surface area contributed by atoms with Crippen molar-refractivity contribution in [2.24, 2.45) is 11.3 Å². The van der Waals surface area contributed by atoms with Gasteiger partial charge in [0.2, 0.25) is 10.0 Å². The summed E-state index contributed by atoms with van der Waals surface area (Å²) in [7, 11) is -3.41. The molecule has 0 spiro atoms. The van der Waals surface area contributed by atoms with Crippen LogP contribution in [0.1, 0.15) is 60.5 Å². The van der Waals surface area contributed by atoms with Crippen LogP contribution in [0.4, 0.5) is 26.3 Å². The molecule has 1 N–H and O–H groups in total. The first kappa shape index (κ1) is 28.7. The average molecular weight is 545 g/mol. The molecule has 2 saturated heterocycles. The highest BCUT2D eigenvalue weighted by molar-refractivity contribution is 7.89. The number of nitrogens with zero attached hydrogens (tertiary/aromatic N) is 1. The van der Waals surface area contributed by atoms with E-state index in [1.54, 1.807) is 6.92 Å². The zero-order valence-electron chi connectivity index (χ0n) is 19.8. The van der Waals surface area contributed by atoms with Gasteiger partial charge >= 0.3 is 12.4 Å². The van der Waals surface area contributed by atoms with Gasteiger partial charge in [-0.2, -0.15) is 26.3 Å². The first-order chi connectivity index (χ1) is 16.7. The van der Waals surface area contributed by atoms with Crippen molar-refractivity contribution in [2.75, 3.05) is 38.6 Å². The summed E-state index contributed by atoms with van der Waals surface area (Å²) in [5.74, 6) is -0.919. The van der Waals surface area contributed by atoms with E-state index in [0.29, 0.717) is 44.6 Å². The van der Waals surface area contributed by atoms with Crippen LogP contribution in [0.15, 0.2) is 18.2 Å². The molecule has 36 heavy (non-hydrogen) atoms. The van der Waals surface area contributed by atoms with E-state index >= 15 is 0 Å². The molecular formula is C23H30F6N2O4S. The number of amides is 1. The van der Waals surface area contributed by atoms with Crippen molar-refractivity contribution in [2.45, 2.75) is 51.4 Å². The number of carbonyl (C=O) groups is 1. The van der Waals surface area contributed by atoms with Gasteiger partial charge in [0.1, 0.15) is 0 Å². The van der Waals surface area contributed by atoms with E-state index < -0.39 is 50.4 Å². The maximum atomic E-state index is 13.5. The summed E-state index contributed by atoms with van der Waals surface area (Å²) in [5.41, 5.74) is -4.59. The van der Waals surface area contributed by atoms with Gasteiger partial charge in [0.25, 0.3) is 5.91 Å².